The Morgan fingerprint density at radius 2 is 1.70 bits per heavy atom. The van der Waals surface area contributed by atoms with E-state index >= 15 is 0 Å². The minimum Gasteiger partial charge on any atom is -0.445 e. The van der Waals surface area contributed by atoms with Crippen molar-refractivity contribution >= 4 is 25.1 Å². The first kappa shape index (κ1) is 24.7. The molecule has 0 atom stereocenters. The summed E-state index contributed by atoms with van der Waals surface area (Å²) in [6, 6.07) is 13.3. The Hall–Kier alpha value is -2.97. The summed E-state index contributed by atoms with van der Waals surface area (Å²) >= 11 is 0. The average molecular weight is 453 g/mol. The number of rotatable bonds is 7. The summed E-state index contributed by atoms with van der Waals surface area (Å²) in [7, 11) is -0.799. The molecule has 8 heteroatoms. The maximum Gasteiger partial charge on any atom is 0.492 e. The molecular formula is C25H29BFNO5. The van der Waals surface area contributed by atoms with Gasteiger partial charge in [-0.1, -0.05) is 36.4 Å². The lowest BCUT2D eigenvalue weighted by Crippen LogP contribution is -2.41. The lowest BCUT2D eigenvalue weighted by atomic mass is 9.76. The van der Waals surface area contributed by atoms with Gasteiger partial charge in [0.2, 0.25) is 0 Å². The van der Waals surface area contributed by atoms with Crippen molar-refractivity contribution in [2.24, 2.45) is 0 Å². The molecule has 0 radical (unpaired) electrons. The SMILES string of the molecule is CC(=O)c1ccc(F)cc1C=C(CNC(=O)OCc1ccccc1)B1OC(C)(C)C(C)(C)O1. The van der Waals surface area contributed by atoms with Gasteiger partial charge in [0.1, 0.15) is 12.4 Å². The van der Waals surface area contributed by atoms with Crippen molar-refractivity contribution < 1.29 is 28.0 Å². The summed E-state index contributed by atoms with van der Waals surface area (Å²) in [4.78, 5) is 24.4. The van der Waals surface area contributed by atoms with Crippen LogP contribution in [-0.4, -0.2) is 36.7 Å². The fourth-order valence-electron chi connectivity index (χ4n) is 3.32. The van der Waals surface area contributed by atoms with Crippen LogP contribution in [0, 0.1) is 5.82 Å². The van der Waals surface area contributed by atoms with E-state index in [0.29, 0.717) is 16.6 Å². The van der Waals surface area contributed by atoms with Crippen LogP contribution < -0.4 is 5.32 Å². The third-order valence-electron chi connectivity index (χ3n) is 5.94. The van der Waals surface area contributed by atoms with Gasteiger partial charge in [-0.25, -0.2) is 9.18 Å². The van der Waals surface area contributed by atoms with E-state index in [1.807, 2.05) is 58.0 Å². The molecule has 1 aliphatic heterocycles. The maximum absolute atomic E-state index is 14.0. The summed E-state index contributed by atoms with van der Waals surface area (Å²) in [6.07, 6.45) is 1.01. The number of alkyl carbamates (subject to hydrolysis) is 1. The molecule has 1 saturated heterocycles. The van der Waals surface area contributed by atoms with Crippen molar-refractivity contribution in [2.75, 3.05) is 6.54 Å². The number of ketones is 1. The van der Waals surface area contributed by atoms with Crippen molar-refractivity contribution in [3.63, 3.8) is 0 Å². The van der Waals surface area contributed by atoms with Gasteiger partial charge in [-0.05, 0) is 69.4 Å². The van der Waals surface area contributed by atoms with Crippen molar-refractivity contribution in [1.82, 2.24) is 5.32 Å². The van der Waals surface area contributed by atoms with Gasteiger partial charge in [-0.2, -0.15) is 0 Å². The molecule has 0 bridgehead atoms. The highest BCUT2D eigenvalue weighted by Gasteiger charge is 2.52. The van der Waals surface area contributed by atoms with Gasteiger partial charge in [0.25, 0.3) is 0 Å². The van der Waals surface area contributed by atoms with E-state index in [2.05, 4.69) is 5.32 Å². The molecule has 0 saturated carbocycles. The normalized spacial score (nSPS) is 17.0. The lowest BCUT2D eigenvalue weighted by molar-refractivity contribution is 0.00578. The van der Waals surface area contributed by atoms with E-state index in [9.17, 15) is 14.0 Å². The van der Waals surface area contributed by atoms with Gasteiger partial charge < -0.3 is 19.4 Å². The van der Waals surface area contributed by atoms with Crippen LogP contribution in [0.5, 0.6) is 0 Å². The topological polar surface area (TPSA) is 73.9 Å². The fraction of sp³-hybridized carbons (Fsp3) is 0.360. The number of hydrogen-bond acceptors (Lipinski definition) is 5. The summed E-state index contributed by atoms with van der Waals surface area (Å²) in [5, 5.41) is 2.70. The number of ether oxygens (including phenoxy) is 1. The van der Waals surface area contributed by atoms with Gasteiger partial charge in [0.05, 0.1) is 11.2 Å². The minimum absolute atomic E-state index is 0.0261. The number of hydrogen-bond donors (Lipinski definition) is 1. The van der Waals surface area contributed by atoms with Crippen LogP contribution in [-0.2, 0) is 20.7 Å². The molecule has 1 amide bonds. The summed E-state index contributed by atoms with van der Waals surface area (Å²) in [5.41, 5.74) is 0.897. The van der Waals surface area contributed by atoms with E-state index in [1.165, 1.54) is 25.1 Å². The first-order valence-corrected chi connectivity index (χ1v) is 10.8. The first-order chi connectivity index (χ1) is 15.5. The predicted molar refractivity (Wildman–Crippen MR) is 125 cm³/mol. The van der Waals surface area contributed by atoms with E-state index < -0.39 is 30.2 Å². The van der Waals surface area contributed by atoms with Crippen LogP contribution in [0.3, 0.4) is 0 Å². The number of benzene rings is 2. The molecule has 6 nitrogen and oxygen atoms in total. The van der Waals surface area contributed by atoms with Gasteiger partial charge in [0, 0.05) is 12.1 Å². The average Bonchev–Trinajstić information content (AvgIpc) is 2.97. The van der Waals surface area contributed by atoms with Gasteiger partial charge in [0.15, 0.2) is 5.78 Å². The second-order valence-corrected chi connectivity index (χ2v) is 9.01. The molecule has 1 heterocycles. The van der Waals surface area contributed by atoms with Gasteiger partial charge >= 0.3 is 13.2 Å². The Balaban J connectivity index is 1.82. The molecule has 3 rings (SSSR count). The monoisotopic (exact) mass is 453 g/mol. The number of amides is 1. The number of carbonyl (C=O) groups is 2. The molecule has 2 aromatic carbocycles. The molecule has 0 aliphatic carbocycles. The number of nitrogens with one attached hydrogen (secondary N) is 1. The molecule has 2 aromatic rings. The van der Waals surface area contributed by atoms with Crippen molar-refractivity contribution in [2.45, 2.75) is 52.4 Å². The van der Waals surface area contributed by atoms with Crippen LogP contribution >= 0.6 is 0 Å². The number of carbonyl (C=O) groups excluding carboxylic acids is 2. The van der Waals surface area contributed by atoms with Gasteiger partial charge in [-0.3, -0.25) is 4.79 Å². The van der Waals surface area contributed by atoms with E-state index in [4.69, 9.17) is 14.0 Å². The standard InChI is InChI=1S/C25H29BFNO5/c1-17(29)22-12-11-21(27)14-19(22)13-20(26-32-24(2,3)25(4,5)33-26)15-28-23(30)31-16-18-9-7-6-8-10-18/h6-14H,15-16H2,1-5H3,(H,28,30). The second kappa shape index (κ2) is 9.89. The maximum atomic E-state index is 14.0. The number of Topliss-reactive ketones (excluding diaryl/α,β-unsaturated/α-hetero) is 1. The Labute approximate surface area is 194 Å². The van der Waals surface area contributed by atoms with E-state index in [0.717, 1.165) is 5.56 Å². The zero-order valence-corrected chi connectivity index (χ0v) is 19.6. The molecular weight excluding hydrogens is 424 g/mol. The van der Waals surface area contributed by atoms with Crippen LogP contribution in [0.25, 0.3) is 6.08 Å². The molecule has 0 spiro atoms. The van der Waals surface area contributed by atoms with Crippen LogP contribution in [0.15, 0.2) is 54.0 Å². The molecule has 1 fully saturated rings. The Kier molecular flexibility index (Phi) is 7.39. The highest BCUT2D eigenvalue weighted by molar-refractivity contribution is 6.56. The smallest absolute Gasteiger partial charge is 0.445 e. The molecule has 1 N–H and O–H groups in total. The Bertz CT molecular complexity index is 1040. The zero-order chi connectivity index (χ0) is 24.2. The van der Waals surface area contributed by atoms with Crippen molar-refractivity contribution in [3.8, 4) is 0 Å². The Morgan fingerprint density at radius 3 is 2.30 bits per heavy atom. The van der Waals surface area contributed by atoms with Crippen LogP contribution in [0.4, 0.5) is 9.18 Å². The Morgan fingerprint density at radius 1 is 1.06 bits per heavy atom. The summed E-state index contributed by atoms with van der Waals surface area (Å²) in [5.74, 6) is -0.681. The summed E-state index contributed by atoms with van der Waals surface area (Å²) in [6.45, 7) is 9.21. The largest absolute Gasteiger partial charge is 0.492 e. The first-order valence-electron chi connectivity index (χ1n) is 10.8. The number of halogens is 1. The predicted octanol–water partition coefficient (Wildman–Crippen LogP) is 4.97. The minimum atomic E-state index is -0.799. The molecule has 0 unspecified atom stereocenters. The van der Waals surface area contributed by atoms with Crippen molar-refractivity contribution in [1.29, 1.82) is 0 Å². The molecule has 0 aromatic heterocycles. The van der Waals surface area contributed by atoms with Crippen molar-refractivity contribution in [3.05, 3.63) is 76.5 Å². The molecule has 1 aliphatic rings. The highest BCUT2D eigenvalue weighted by Crippen LogP contribution is 2.39. The molecule has 174 valence electrons. The van der Waals surface area contributed by atoms with Crippen LogP contribution in [0.1, 0.15) is 56.1 Å². The quantitative estimate of drug-likeness (QED) is 0.474. The summed E-state index contributed by atoms with van der Waals surface area (Å²) < 4.78 is 31.5. The third kappa shape index (κ3) is 6.09. The van der Waals surface area contributed by atoms with E-state index in [1.54, 1.807) is 6.08 Å². The third-order valence-corrected chi connectivity index (χ3v) is 5.94. The van der Waals surface area contributed by atoms with Crippen LogP contribution in [0.2, 0.25) is 0 Å². The second-order valence-electron chi connectivity index (χ2n) is 9.01. The highest BCUT2D eigenvalue weighted by atomic mass is 19.1. The zero-order valence-electron chi connectivity index (χ0n) is 19.6. The van der Waals surface area contributed by atoms with E-state index in [-0.39, 0.29) is 18.9 Å². The lowest BCUT2D eigenvalue weighted by Gasteiger charge is -2.32. The molecule has 33 heavy (non-hydrogen) atoms. The fourth-order valence-corrected chi connectivity index (χ4v) is 3.32. The van der Waals surface area contributed by atoms with Gasteiger partial charge in [-0.15, -0.1) is 0 Å².